The van der Waals surface area contributed by atoms with Crippen molar-refractivity contribution in [2.75, 3.05) is 19.6 Å². The zero-order valence-corrected chi connectivity index (χ0v) is 11.6. The molecular weight excluding hydrogens is 248 g/mol. The van der Waals surface area contributed by atoms with Gasteiger partial charge in [0.1, 0.15) is 0 Å². The van der Waals surface area contributed by atoms with Crippen molar-refractivity contribution >= 4 is 17.5 Å². The quantitative estimate of drug-likeness (QED) is 0.892. The SMILES string of the molecule is CC[C@@H]1CN(C(=O)c2ccc(Cl)cc2C)CCN1. The lowest BCUT2D eigenvalue weighted by Gasteiger charge is -2.33. The molecule has 1 aliphatic rings. The first-order valence-corrected chi connectivity index (χ1v) is 6.78. The third-order valence-corrected chi connectivity index (χ3v) is 3.69. The summed E-state index contributed by atoms with van der Waals surface area (Å²) in [6, 6.07) is 5.86. The summed E-state index contributed by atoms with van der Waals surface area (Å²) in [7, 11) is 0. The minimum Gasteiger partial charge on any atom is -0.336 e. The highest BCUT2D eigenvalue weighted by Crippen LogP contribution is 2.17. The molecule has 3 nitrogen and oxygen atoms in total. The second-order valence-corrected chi connectivity index (χ2v) is 5.21. The van der Waals surface area contributed by atoms with Gasteiger partial charge in [-0.05, 0) is 37.1 Å². The summed E-state index contributed by atoms with van der Waals surface area (Å²) < 4.78 is 0. The molecule has 0 spiro atoms. The molecule has 1 N–H and O–H groups in total. The van der Waals surface area contributed by atoms with Crippen LogP contribution < -0.4 is 5.32 Å². The van der Waals surface area contributed by atoms with Gasteiger partial charge in [-0.3, -0.25) is 4.79 Å². The summed E-state index contributed by atoms with van der Waals surface area (Å²) in [5.74, 6) is 0.115. The molecule has 0 radical (unpaired) electrons. The Bertz CT molecular complexity index is 447. The highest BCUT2D eigenvalue weighted by Gasteiger charge is 2.23. The maximum atomic E-state index is 12.4. The van der Waals surface area contributed by atoms with E-state index in [-0.39, 0.29) is 5.91 Å². The Morgan fingerprint density at radius 1 is 1.56 bits per heavy atom. The van der Waals surface area contributed by atoms with Gasteiger partial charge in [-0.15, -0.1) is 0 Å². The van der Waals surface area contributed by atoms with Crippen molar-refractivity contribution in [1.29, 1.82) is 0 Å². The van der Waals surface area contributed by atoms with Crippen LogP contribution in [0.1, 0.15) is 29.3 Å². The van der Waals surface area contributed by atoms with E-state index in [4.69, 9.17) is 11.6 Å². The fraction of sp³-hybridized carbons (Fsp3) is 0.500. The van der Waals surface area contributed by atoms with Crippen molar-refractivity contribution in [2.45, 2.75) is 26.3 Å². The average Bonchev–Trinajstić information content (AvgIpc) is 2.38. The van der Waals surface area contributed by atoms with Gasteiger partial charge in [-0.1, -0.05) is 18.5 Å². The molecule has 1 heterocycles. The summed E-state index contributed by atoms with van der Waals surface area (Å²) in [6.07, 6.45) is 1.05. The Morgan fingerprint density at radius 2 is 2.33 bits per heavy atom. The lowest BCUT2D eigenvalue weighted by molar-refractivity contribution is 0.0701. The Balaban J connectivity index is 2.15. The van der Waals surface area contributed by atoms with E-state index in [2.05, 4.69) is 12.2 Å². The topological polar surface area (TPSA) is 32.3 Å². The fourth-order valence-corrected chi connectivity index (χ4v) is 2.55. The molecule has 1 aromatic rings. The number of hydrogen-bond donors (Lipinski definition) is 1. The van der Waals surface area contributed by atoms with Crippen LogP contribution in [-0.4, -0.2) is 36.5 Å². The minimum atomic E-state index is 0.115. The van der Waals surface area contributed by atoms with Gasteiger partial charge in [0.2, 0.25) is 0 Å². The number of carbonyl (C=O) groups is 1. The van der Waals surface area contributed by atoms with E-state index in [9.17, 15) is 4.79 Å². The van der Waals surface area contributed by atoms with E-state index in [0.29, 0.717) is 11.1 Å². The number of rotatable bonds is 2. The summed E-state index contributed by atoms with van der Waals surface area (Å²) in [4.78, 5) is 14.4. The van der Waals surface area contributed by atoms with E-state index in [1.165, 1.54) is 0 Å². The fourth-order valence-electron chi connectivity index (χ4n) is 2.32. The van der Waals surface area contributed by atoms with Crippen LogP contribution in [0.4, 0.5) is 0 Å². The molecule has 0 aliphatic carbocycles. The Hall–Kier alpha value is -1.06. The first-order chi connectivity index (χ1) is 8.61. The Morgan fingerprint density at radius 3 is 3.00 bits per heavy atom. The van der Waals surface area contributed by atoms with Gasteiger partial charge in [0, 0.05) is 36.3 Å². The van der Waals surface area contributed by atoms with Crippen LogP contribution in [0, 0.1) is 6.92 Å². The van der Waals surface area contributed by atoms with Crippen LogP contribution in [0.3, 0.4) is 0 Å². The highest BCUT2D eigenvalue weighted by molar-refractivity contribution is 6.30. The molecule has 1 fully saturated rings. The number of piperazine rings is 1. The van der Waals surface area contributed by atoms with Crippen LogP contribution in [0.15, 0.2) is 18.2 Å². The lowest BCUT2D eigenvalue weighted by Crippen LogP contribution is -2.52. The number of benzene rings is 1. The van der Waals surface area contributed by atoms with Crippen molar-refractivity contribution in [3.05, 3.63) is 34.3 Å². The van der Waals surface area contributed by atoms with E-state index in [1.807, 2.05) is 24.0 Å². The smallest absolute Gasteiger partial charge is 0.254 e. The minimum absolute atomic E-state index is 0.115. The van der Waals surface area contributed by atoms with Gasteiger partial charge in [0.15, 0.2) is 0 Å². The average molecular weight is 267 g/mol. The molecule has 0 aromatic heterocycles. The van der Waals surface area contributed by atoms with Gasteiger partial charge in [-0.2, -0.15) is 0 Å². The van der Waals surface area contributed by atoms with Crippen LogP contribution in [0.2, 0.25) is 5.02 Å². The third-order valence-electron chi connectivity index (χ3n) is 3.45. The Labute approximate surface area is 113 Å². The zero-order chi connectivity index (χ0) is 13.1. The van der Waals surface area contributed by atoms with Gasteiger partial charge in [0.25, 0.3) is 5.91 Å². The number of halogens is 1. The molecule has 1 saturated heterocycles. The third kappa shape index (κ3) is 2.85. The molecule has 98 valence electrons. The molecular formula is C14H19ClN2O. The van der Waals surface area contributed by atoms with Gasteiger partial charge >= 0.3 is 0 Å². The normalized spacial score (nSPS) is 19.9. The molecule has 4 heteroatoms. The van der Waals surface area contributed by atoms with Crippen LogP contribution in [0.25, 0.3) is 0 Å². The number of aryl methyl sites for hydroxylation is 1. The Kier molecular flexibility index (Phi) is 4.25. The first kappa shape index (κ1) is 13.4. The molecule has 18 heavy (non-hydrogen) atoms. The monoisotopic (exact) mass is 266 g/mol. The highest BCUT2D eigenvalue weighted by atomic mass is 35.5. The summed E-state index contributed by atoms with van der Waals surface area (Å²) in [5, 5.41) is 4.09. The maximum Gasteiger partial charge on any atom is 0.254 e. The lowest BCUT2D eigenvalue weighted by atomic mass is 10.1. The van der Waals surface area contributed by atoms with Crippen LogP contribution >= 0.6 is 11.6 Å². The number of amides is 1. The summed E-state index contributed by atoms with van der Waals surface area (Å²) in [5.41, 5.74) is 1.70. The second kappa shape index (κ2) is 5.72. The van der Waals surface area contributed by atoms with E-state index in [0.717, 1.165) is 37.2 Å². The van der Waals surface area contributed by atoms with Gasteiger partial charge in [0.05, 0.1) is 0 Å². The largest absolute Gasteiger partial charge is 0.336 e. The molecule has 2 rings (SSSR count). The predicted molar refractivity (Wildman–Crippen MR) is 74.2 cm³/mol. The standard InChI is InChI=1S/C14H19ClN2O/c1-3-12-9-17(7-6-16-12)14(18)13-5-4-11(15)8-10(13)2/h4-5,8,12,16H,3,6-7,9H2,1-2H3/t12-/m1/s1. The van der Waals surface area contributed by atoms with Gasteiger partial charge < -0.3 is 10.2 Å². The summed E-state index contributed by atoms with van der Waals surface area (Å²) >= 11 is 5.92. The zero-order valence-electron chi connectivity index (χ0n) is 10.9. The number of hydrogen-bond acceptors (Lipinski definition) is 2. The van der Waals surface area contributed by atoms with E-state index < -0.39 is 0 Å². The summed E-state index contributed by atoms with van der Waals surface area (Å²) in [6.45, 7) is 6.50. The maximum absolute atomic E-state index is 12.4. The molecule has 1 aliphatic heterocycles. The van der Waals surface area contributed by atoms with Crippen LogP contribution in [-0.2, 0) is 0 Å². The molecule has 0 bridgehead atoms. The second-order valence-electron chi connectivity index (χ2n) is 4.77. The molecule has 0 unspecified atom stereocenters. The number of carbonyl (C=O) groups excluding carboxylic acids is 1. The van der Waals surface area contributed by atoms with Crippen LogP contribution in [0.5, 0.6) is 0 Å². The van der Waals surface area contributed by atoms with Crippen molar-refractivity contribution in [3.8, 4) is 0 Å². The van der Waals surface area contributed by atoms with Crippen molar-refractivity contribution < 1.29 is 4.79 Å². The van der Waals surface area contributed by atoms with Gasteiger partial charge in [-0.25, -0.2) is 0 Å². The number of nitrogens with zero attached hydrogens (tertiary/aromatic N) is 1. The van der Waals surface area contributed by atoms with Crippen molar-refractivity contribution in [2.24, 2.45) is 0 Å². The molecule has 1 amide bonds. The molecule has 1 aromatic carbocycles. The van der Waals surface area contributed by atoms with Crippen molar-refractivity contribution in [1.82, 2.24) is 10.2 Å². The molecule has 1 atom stereocenters. The predicted octanol–water partition coefficient (Wildman–Crippen LogP) is 2.47. The van der Waals surface area contributed by atoms with Crippen molar-refractivity contribution in [3.63, 3.8) is 0 Å². The first-order valence-electron chi connectivity index (χ1n) is 6.40. The molecule has 0 saturated carbocycles. The van der Waals surface area contributed by atoms with E-state index in [1.54, 1.807) is 6.07 Å². The van der Waals surface area contributed by atoms with E-state index >= 15 is 0 Å². The number of nitrogens with one attached hydrogen (secondary N) is 1.